The number of anilines is 3. The number of nitrogens with one attached hydrogen (secondary N) is 1. The Morgan fingerprint density at radius 2 is 1.95 bits per heavy atom. The zero-order valence-electron chi connectivity index (χ0n) is 25.5. The number of benzene rings is 1. The number of amides is 1. The number of carbonyl (C=O) groups excluding carboxylic acids is 1. The minimum absolute atomic E-state index is 0.330. The maximum absolute atomic E-state index is 13.4. The fourth-order valence-corrected chi connectivity index (χ4v) is 5.57. The molecular weight excluding hydrogens is 546 g/mol. The topological polar surface area (TPSA) is 126 Å². The number of likely N-dealkylation sites (tertiary alicyclic amines) is 1. The summed E-state index contributed by atoms with van der Waals surface area (Å²) in [6.45, 7) is 12.0. The molecule has 1 fully saturated rings. The molecule has 1 N–H and O–H groups in total. The van der Waals surface area contributed by atoms with E-state index in [0.717, 1.165) is 30.8 Å². The summed E-state index contributed by atoms with van der Waals surface area (Å²) >= 11 is 0. The van der Waals surface area contributed by atoms with Crippen LogP contribution in [0, 0.1) is 11.3 Å². The fraction of sp³-hybridized carbons (Fsp3) is 0.469. The van der Waals surface area contributed by atoms with Crippen LogP contribution in [0.2, 0.25) is 0 Å². The van der Waals surface area contributed by atoms with E-state index in [1.54, 1.807) is 42.6 Å². The van der Waals surface area contributed by atoms with Gasteiger partial charge in [-0.3, -0.25) is 4.90 Å². The third-order valence-corrected chi connectivity index (χ3v) is 7.60. The normalized spacial score (nSPS) is 18.3. The average Bonchev–Trinajstić information content (AvgIpc) is 3.61. The monoisotopic (exact) mass is 585 g/mol. The quantitative estimate of drug-likeness (QED) is 0.331. The van der Waals surface area contributed by atoms with Gasteiger partial charge in [0, 0.05) is 36.5 Å². The van der Waals surface area contributed by atoms with Crippen molar-refractivity contribution in [2.45, 2.75) is 51.6 Å². The third-order valence-electron chi connectivity index (χ3n) is 7.60. The van der Waals surface area contributed by atoms with E-state index in [-0.39, 0.29) is 0 Å². The first-order valence-electron chi connectivity index (χ1n) is 14.6. The summed E-state index contributed by atoms with van der Waals surface area (Å²) in [6, 6.07) is 11.5. The zero-order chi connectivity index (χ0) is 30.6. The lowest BCUT2D eigenvalue weighted by Crippen LogP contribution is -2.41. The van der Waals surface area contributed by atoms with Gasteiger partial charge in [-0.15, -0.1) is 0 Å². The Morgan fingerprint density at radius 1 is 1.16 bits per heavy atom. The van der Waals surface area contributed by atoms with Crippen LogP contribution in [-0.2, 0) is 14.9 Å². The van der Waals surface area contributed by atoms with E-state index < -0.39 is 17.1 Å². The first-order chi connectivity index (χ1) is 20.6. The van der Waals surface area contributed by atoms with Gasteiger partial charge in [-0.1, -0.05) is 6.92 Å². The lowest BCUT2D eigenvalue weighted by molar-refractivity contribution is 0.0551. The molecule has 0 spiro atoms. The van der Waals surface area contributed by atoms with E-state index >= 15 is 0 Å². The van der Waals surface area contributed by atoms with Crippen molar-refractivity contribution in [3.63, 3.8) is 0 Å². The lowest BCUT2D eigenvalue weighted by atomic mass is 9.83. The molecule has 1 saturated heterocycles. The molecule has 0 radical (unpaired) electrons. The number of nitriles is 1. The summed E-state index contributed by atoms with van der Waals surface area (Å²) in [5.74, 6) is 0.773. The van der Waals surface area contributed by atoms with Crippen molar-refractivity contribution in [2.24, 2.45) is 0 Å². The average molecular weight is 586 g/mol. The van der Waals surface area contributed by atoms with Gasteiger partial charge in [-0.05, 0) is 82.6 Å². The minimum Gasteiger partial charge on any atom is -0.480 e. The Kier molecular flexibility index (Phi) is 8.80. The standard InChI is InChI=1S/C32H39N7O4/c1-31(2,3)43-30(40)39-20-32(4,21-42-16-15-38-13-6-7-14-38)24-18-22(17-23(19-33)27(24)39)25-10-12-35-29(36-25)37-26-9-8-11-34-28(26)41-5/h8-12,17-18H,6-7,13-16,20-21H2,1-5H3,(H,35,36,37). The van der Waals surface area contributed by atoms with Gasteiger partial charge < -0.3 is 24.4 Å². The predicted molar refractivity (Wildman–Crippen MR) is 164 cm³/mol. The van der Waals surface area contributed by atoms with E-state index in [1.807, 2.05) is 32.9 Å². The van der Waals surface area contributed by atoms with E-state index in [9.17, 15) is 10.1 Å². The Labute approximate surface area is 252 Å². The van der Waals surface area contributed by atoms with Crippen LogP contribution in [0.4, 0.5) is 22.1 Å². The molecule has 2 aliphatic rings. The molecule has 3 aromatic rings. The van der Waals surface area contributed by atoms with Crippen LogP contribution < -0.4 is 15.0 Å². The number of pyridine rings is 1. The fourth-order valence-electron chi connectivity index (χ4n) is 5.57. The van der Waals surface area contributed by atoms with Gasteiger partial charge in [0.15, 0.2) is 0 Å². The predicted octanol–water partition coefficient (Wildman–Crippen LogP) is 5.29. The smallest absolute Gasteiger partial charge is 0.414 e. The zero-order valence-corrected chi connectivity index (χ0v) is 25.5. The second kappa shape index (κ2) is 12.5. The molecule has 1 atom stereocenters. The summed E-state index contributed by atoms with van der Waals surface area (Å²) in [5.41, 5.74) is 2.48. The molecule has 0 bridgehead atoms. The molecule has 2 aromatic heterocycles. The molecule has 43 heavy (non-hydrogen) atoms. The summed E-state index contributed by atoms with van der Waals surface area (Å²) < 4.78 is 17.3. The van der Waals surface area contributed by atoms with Gasteiger partial charge in [0.1, 0.15) is 17.4 Å². The molecule has 2 aliphatic heterocycles. The Hall–Kier alpha value is -4.27. The molecule has 1 aromatic carbocycles. The molecular formula is C32H39N7O4. The van der Waals surface area contributed by atoms with Crippen molar-refractivity contribution in [2.75, 3.05) is 56.7 Å². The highest BCUT2D eigenvalue weighted by Gasteiger charge is 2.45. The molecule has 5 rings (SSSR count). The van der Waals surface area contributed by atoms with Gasteiger partial charge >= 0.3 is 6.09 Å². The molecule has 1 amide bonds. The molecule has 4 heterocycles. The maximum Gasteiger partial charge on any atom is 0.414 e. The largest absolute Gasteiger partial charge is 0.480 e. The number of rotatable bonds is 9. The van der Waals surface area contributed by atoms with Crippen LogP contribution in [-0.4, -0.2) is 78.0 Å². The highest BCUT2D eigenvalue weighted by atomic mass is 16.6. The van der Waals surface area contributed by atoms with Crippen molar-refractivity contribution in [1.29, 1.82) is 5.26 Å². The highest BCUT2D eigenvalue weighted by molar-refractivity contribution is 5.95. The number of nitrogens with zero attached hydrogens (tertiary/aromatic N) is 6. The van der Waals surface area contributed by atoms with Gasteiger partial charge in [0.25, 0.3) is 0 Å². The van der Waals surface area contributed by atoms with Crippen LogP contribution in [0.15, 0.2) is 42.7 Å². The summed E-state index contributed by atoms with van der Waals surface area (Å²) in [6.07, 6.45) is 5.26. The van der Waals surface area contributed by atoms with Crippen molar-refractivity contribution < 1.29 is 19.0 Å². The Balaban J connectivity index is 1.48. The van der Waals surface area contributed by atoms with E-state index in [4.69, 9.17) is 19.2 Å². The van der Waals surface area contributed by atoms with Crippen molar-refractivity contribution >= 4 is 23.4 Å². The molecule has 0 saturated carbocycles. The van der Waals surface area contributed by atoms with E-state index in [0.29, 0.717) is 54.2 Å². The summed E-state index contributed by atoms with van der Waals surface area (Å²) in [7, 11) is 1.55. The molecule has 11 nitrogen and oxygen atoms in total. The Bertz CT molecular complexity index is 1510. The van der Waals surface area contributed by atoms with E-state index in [1.165, 1.54) is 12.8 Å². The third kappa shape index (κ3) is 6.87. The van der Waals surface area contributed by atoms with Crippen molar-refractivity contribution in [1.82, 2.24) is 19.9 Å². The molecule has 1 unspecified atom stereocenters. The van der Waals surface area contributed by atoms with Gasteiger partial charge in [0.05, 0.1) is 37.3 Å². The van der Waals surface area contributed by atoms with Crippen molar-refractivity contribution in [3.05, 3.63) is 53.9 Å². The number of methoxy groups -OCH3 is 1. The minimum atomic E-state index is -0.684. The number of carbonyl (C=O) groups is 1. The SMILES string of the molecule is COc1ncccc1Nc1nccc(-c2cc(C#N)c3c(c2)C(C)(COCCN2CCCC2)CN3C(=O)OC(C)(C)C)n1. The number of aromatic nitrogens is 3. The van der Waals surface area contributed by atoms with Crippen LogP contribution in [0.5, 0.6) is 5.88 Å². The second-order valence-electron chi connectivity index (χ2n) is 12.2. The van der Waals surface area contributed by atoms with Crippen LogP contribution in [0.25, 0.3) is 11.3 Å². The maximum atomic E-state index is 13.4. The second-order valence-corrected chi connectivity index (χ2v) is 12.2. The number of hydrogen-bond donors (Lipinski definition) is 1. The number of fused-ring (bicyclic) bond motifs is 1. The highest BCUT2D eigenvalue weighted by Crippen LogP contribution is 2.45. The lowest BCUT2D eigenvalue weighted by Gasteiger charge is -2.28. The van der Waals surface area contributed by atoms with Crippen LogP contribution in [0.1, 0.15) is 51.7 Å². The van der Waals surface area contributed by atoms with Gasteiger partial charge in [0.2, 0.25) is 11.8 Å². The number of hydrogen-bond acceptors (Lipinski definition) is 10. The first-order valence-corrected chi connectivity index (χ1v) is 14.6. The first kappa shape index (κ1) is 30.2. The van der Waals surface area contributed by atoms with Crippen LogP contribution in [0.3, 0.4) is 0 Å². The van der Waals surface area contributed by atoms with Crippen LogP contribution >= 0.6 is 0 Å². The van der Waals surface area contributed by atoms with Crippen molar-refractivity contribution in [3.8, 4) is 23.2 Å². The molecule has 11 heteroatoms. The van der Waals surface area contributed by atoms with E-state index in [2.05, 4.69) is 33.2 Å². The Morgan fingerprint density at radius 3 is 2.67 bits per heavy atom. The molecule has 226 valence electrons. The van der Waals surface area contributed by atoms with Gasteiger partial charge in [-0.2, -0.15) is 5.26 Å². The van der Waals surface area contributed by atoms with Gasteiger partial charge in [-0.25, -0.2) is 19.7 Å². The number of ether oxygens (including phenoxy) is 3. The molecule has 0 aliphatic carbocycles. The summed E-state index contributed by atoms with van der Waals surface area (Å²) in [4.78, 5) is 30.7. The summed E-state index contributed by atoms with van der Waals surface area (Å²) in [5, 5.41) is 13.5.